The molecular weight excluding hydrogens is 262 g/mol. The van der Waals surface area contributed by atoms with Crippen LogP contribution in [0.15, 0.2) is 22.4 Å². The third kappa shape index (κ3) is 3.20. The maximum Gasteiger partial charge on any atom is 0.223 e. The molecule has 0 aliphatic heterocycles. The SMILES string of the molecule is Cc1ncsc1CCC(=O)N(C)[C@@H](C)c1ccon1. The summed E-state index contributed by atoms with van der Waals surface area (Å²) >= 11 is 1.60. The summed E-state index contributed by atoms with van der Waals surface area (Å²) in [4.78, 5) is 19.2. The highest BCUT2D eigenvalue weighted by atomic mass is 32.1. The quantitative estimate of drug-likeness (QED) is 0.844. The number of carbonyl (C=O) groups is 1. The van der Waals surface area contributed by atoms with Crippen LogP contribution in [0.5, 0.6) is 0 Å². The summed E-state index contributed by atoms with van der Waals surface area (Å²) in [6, 6.07) is 1.70. The average Bonchev–Trinajstić information content (AvgIpc) is 3.05. The normalized spacial score (nSPS) is 12.4. The van der Waals surface area contributed by atoms with Gasteiger partial charge in [0, 0.05) is 24.4 Å². The van der Waals surface area contributed by atoms with E-state index in [0.717, 1.165) is 17.8 Å². The van der Waals surface area contributed by atoms with Gasteiger partial charge in [0.15, 0.2) is 0 Å². The van der Waals surface area contributed by atoms with E-state index in [0.29, 0.717) is 6.42 Å². The van der Waals surface area contributed by atoms with Gasteiger partial charge in [0.2, 0.25) is 5.91 Å². The summed E-state index contributed by atoms with van der Waals surface area (Å²) in [5.74, 6) is 0.100. The fourth-order valence-electron chi connectivity index (χ4n) is 1.81. The molecule has 0 aliphatic rings. The molecule has 0 bridgehead atoms. The Labute approximate surface area is 116 Å². The van der Waals surface area contributed by atoms with E-state index in [1.165, 1.54) is 11.1 Å². The molecule has 0 aromatic carbocycles. The van der Waals surface area contributed by atoms with Crippen LogP contribution in [0.1, 0.15) is 35.7 Å². The lowest BCUT2D eigenvalue weighted by atomic mass is 10.1. The van der Waals surface area contributed by atoms with Crippen molar-refractivity contribution in [2.75, 3.05) is 7.05 Å². The van der Waals surface area contributed by atoms with Gasteiger partial charge in [0.25, 0.3) is 0 Å². The van der Waals surface area contributed by atoms with Crippen molar-refractivity contribution in [1.29, 1.82) is 0 Å². The molecule has 0 aliphatic carbocycles. The van der Waals surface area contributed by atoms with Gasteiger partial charge in [-0.25, -0.2) is 4.98 Å². The molecule has 2 rings (SSSR count). The van der Waals surface area contributed by atoms with Crippen LogP contribution >= 0.6 is 11.3 Å². The summed E-state index contributed by atoms with van der Waals surface area (Å²) in [5.41, 5.74) is 3.60. The predicted octanol–water partition coefficient (Wildman–Crippen LogP) is 2.59. The minimum Gasteiger partial charge on any atom is -0.364 e. The van der Waals surface area contributed by atoms with Crippen LogP contribution in [-0.4, -0.2) is 28.0 Å². The van der Waals surface area contributed by atoms with Crippen molar-refractivity contribution in [2.24, 2.45) is 0 Å². The van der Waals surface area contributed by atoms with E-state index in [2.05, 4.69) is 10.1 Å². The van der Waals surface area contributed by atoms with E-state index < -0.39 is 0 Å². The lowest BCUT2D eigenvalue weighted by Gasteiger charge is -2.23. The van der Waals surface area contributed by atoms with E-state index in [1.54, 1.807) is 29.4 Å². The first-order valence-corrected chi connectivity index (χ1v) is 7.02. The molecule has 6 heteroatoms. The number of rotatable bonds is 5. The Kier molecular flexibility index (Phi) is 4.31. The first kappa shape index (κ1) is 13.7. The highest BCUT2D eigenvalue weighted by Crippen LogP contribution is 2.19. The predicted molar refractivity (Wildman–Crippen MR) is 72.9 cm³/mol. The second kappa shape index (κ2) is 5.97. The number of aromatic nitrogens is 2. The topological polar surface area (TPSA) is 59.2 Å². The Bertz CT molecular complexity index is 536. The standard InChI is InChI=1S/C13H17N3O2S/c1-9-12(19-8-14-9)4-5-13(17)16(3)10(2)11-6-7-18-15-11/h6-8,10H,4-5H2,1-3H3/t10-/m0/s1. The highest BCUT2D eigenvalue weighted by Gasteiger charge is 2.19. The molecule has 1 amide bonds. The third-order valence-corrected chi connectivity index (χ3v) is 4.27. The molecule has 5 nitrogen and oxygen atoms in total. The first-order valence-electron chi connectivity index (χ1n) is 6.14. The number of carbonyl (C=O) groups excluding carboxylic acids is 1. The van der Waals surface area contributed by atoms with Gasteiger partial charge in [0.1, 0.15) is 12.0 Å². The zero-order valence-electron chi connectivity index (χ0n) is 11.3. The van der Waals surface area contributed by atoms with Gasteiger partial charge in [-0.3, -0.25) is 4.79 Å². The molecule has 0 saturated carbocycles. The maximum absolute atomic E-state index is 12.1. The van der Waals surface area contributed by atoms with Gasteiger partial charge in [-0.15, -0.1) is 11.3 Å². The lowest BCUT2D eigenvalue weighted by Crippen LogP contribution is -2.30. The average molecular weight is 279 g/mol. The van der Waals surface area contributed by atoms with Crippen molar-refractivity contribution in [2.45, 2.75) is 32.7 Å². The Morgan fingerprint density at radius 3 is 2.95 bits per heavy atom. The summed E-state index contributed by atoms with van der Waals surface area (Å²) in [5, 5.41) is 3.87. The van der Waals surface area contributed by atoms with E-state index >= 15 is 0 Å². The molecule has 1 atom stereocenters. The van der Waals surface area contributed by atoms with Crippen LogP contribution in [0.3, 0.4) is 0 Å². The van der Waals surface area contributed by atoms with Crippen molar-refractivity contribution in [3.05, 3.63) is 34.1 Å². The van der Waals surface area contributed by atoms with Crippen molar-refractivity contribution >= 4 is 17.2 Å². The van der Waals surface area contributed by atoms with E-state index in [9.17, 15) is 4.79 Å². The largest absolute Gasteiger partial charge is 0.364 e. The summed E-state index contributed by atoms with van der Waals surface area (Å²) in [6.07, 6.45) is 2.75. The van der Waals surface area contributed by atoms with Gasteiger partial charge in [-0.2, -0.15) is 0 Å². The van der Waals surface area contributed by atoms with E-state index in [1.807, 2.05) is 19.4 Å². The number of hydrogen-bond acceptors (Lipinski definition) is 5. The third-order valence-electron chi connectivity index (χ3n) is 3.27. The number of aryl methyl sites for hydroxylation is 2. The monoisotopic (exact) mass is 279 g/mol. The molecule has 2 aromatic rings. The lowest BCUT2D eigenvalue weighted by molar-refractivity contribution is -0.131. The summed E-state index contributed by atoms with van der Waals surface area (Å²) < 4.78 is 4.81. The summed E-state index contributed by atoms with van der Waals surface area (Å²) in [7, 11) is 1.79. The number of amides is 1. The zero-order valence-corrected chi connectivity index (χ0v) is 12.1. The molecule has 2 heterocycles. The van der Waals surface area contributed by atoms with Crippen molar-refractivity contribution < 1.29 is 9.32 Å². The highest BCUT2D eigenvalue weighted by molar-refractivity contribution is 7.09. The van der Waals surface area contributed by atoms with Gasteiger partial charge in [0.05, 0.1) is 17.2 Å². The van der Waals surface area contributed by atoms with Crippen LogP contribution in [0.2, 0.25) is 0 Å². The molecule has 0 unspecified atom stereocenters. The first-order chi connectivity index (χ1) is 9.09. The van der Waals surface area contributed by atoms with E-state index in [4.69, 9.17) is 4.52 Å². The Hall–Kier alpha value is -1.69. The smallest absolute Gasteiger partial charge is 0.223 e. The molecule has 0 spiro atoms. The molecule has 19 heavy (non-hydrogen) atoms. The molecule has 102 valence electrons. The Morgan fingerprint density at radius 2 is 2.37 bits per heavy atom. The van der Waals surface area contributed by atoms with E-state index in [-0.39, 0.29) is 11.9 Å². The maximum atomic E-state index is 12.1. The number of thiazole rings is 1. The van der Waals surface area contributed by atoms with Crippen molar-refractivity contribution in [1.82, 2.24) is 15.0 Å². The fraction of sp³-hybridized carbons (Fsp3) is 0.462. The van der Waals surface area contributed by atoms with Gasteiger partial charge in [-0.05, 0) is 20.3 Å². The molecule has 0 radical (unpaired) electrons. The second-order valence-corrected chi connectivity index (χ2v) is 5.41. The fourth-order valence-corrected chi connectivity index (χ4v) is 2.60. The molecule has 0 fully saturated rings. The summed E-state index contributed by atoms with van der Waals surface area (Å²) in [6.45, 7) is 3.91. The minimum atomic E-state index is -0.0752. The Morgan fingerprint density at radius 1 is 1.58 bits per heavy atom. The number of hydrogen-bond donors (Lipinski definition) is 0. The molecule has 2 aromatic heterocycles. The van der Waals surface area contributed by atoms with Crippen LogP contribution < -0.4 is 0 Å². The van der Waals surface area contributed by atoms with Gasteiger partial charge < -0.3 is 9.42 Å². The van der Waals surface area contributed by atoms with Crippen molar-refractivity contribution in [3.8, 4) is 0 Å². The second-order valence-electron chi connectivity index (χ2n) is 4.47. The minimum absolute atomic E-state index is 0.0752. The van der Waals surface area contributed by atoms with Gasteiger partial charge in [-0.1, -0.05) is 5.16 Å². The van der Waals surface area contributed by atoms with Crippen LogP contribution in [0.25, 0.3) is 0 Å². The Balaban J connectivity index is 1.91. The van der Waals surface area contributed by atoms with Gasteiger partial charge >= 0.3 is 0 Å². The molecule has 0 N–H and O–H groups in total. The van der Waals surface area contributed by atoms with Crippen molar-refractivity contribution in [3.63, 3.8) is 0 Å². The van der Waals surface area contributed by atoms with Crippen LogP contribution in [0.4, 0.5) is 0 Å². The molecule has 0 saturated heterocycles. The van der Waals surface area contributed by atoms with Crippen LogP contribution in [0, 0.1) is 6.92 Å². The molecular formula is C13H17N3O2S. The zero-order chi connectivity index (χ0) is 13.8. The number of nitrogens with zero attached hydrogens (tertiary/aromatic N) is 3. The van der Waals surface area contributed by atoms with Crippen LogP contribution in [-0.2, 0) is 11.2 Å².